The summed E-state index contributed by atoms with van der Waals surface area (Å²) in [6.07, 6.45) is 8.51. The Morgan fingerprint density at radius 2 is 2.36 bits per heavy atom. The zero-order valence-electron chi connectivity index (χ0n) is 15.9. The van der Waals surface area contributed by atoms with Crippen molar-refractivity contribution in [3.05, 3.63) is 29.3 Å². The number of aryl methyl sites for hydroxylation is 2. The fraction of sp³-hybridized carbons (Fsp3) is 0.632. The molecule has 5 rings (SSSR count). The molecule has 0 radical (unpaired) electrons. The van der Waals surface area contributed by atoms with Crippen LogP contribution < -0.4 is 10.2 Å². The highest BCUT2D eigenvalue weighted by Crippen LogP contribution is 2.55. The van der Waals surface area contributed by atoms with Gasteiger partial charge in [-0.3, -0.25) is 14.8 Å². The first-order valence-corrected chi connectivity index (χ1v) is 10.7. The van der Waals surface area contributed by atoms with Crippen molar-refractivity contribution in [3.8, 4) is 0 Å². The molecule has 3 aliphatic rings. The van der Waals surface area contributed by atoms with Crippen LogP contribution in [0.4, 0.5) is 5.13 Å². The minimum absolute atomic E-state index is 0.0667. The third kappa shape index (κ3) is 3.16. The standard InChI is InChI=1S/C19H24N6O2S/c1-12-23-24-18(28-12)25-10-15-14(16-4-5-19(15,11-25)27-16)9-22-17(26)3-2-13-8-20-6-7-21-13/h6-8,14-16H,2-5,9-11H2,1H3,(H,22,26)/t14-,15+,16+,19+/m0/s1. The van der Waals surface area contributed by atoms with Gasteiger partial charge in [-0.25, -0.2) is 0 Å². The lowest BCUT2D eigenvalue weighted by atomic mass is 9.73. The zero-order chi connectivity index (χ0) is 19.1. The highest BCUT2D eigenvalue weighted by Gasteiger charge is 2.63. The maximum atomic E-state index is 12.3. The van der Waals surface area contributed by atoms with Crippen LogP contribution in [-0.4, -0.2) is 57.4 Å². The third-order valence-corrected chi connectivity index (χ3v) is 7.23. The van der Waals surface area contributed by atoms with E-state index in [0.717, 1.165) is 41.8 Å². The number of anilines is 1. The molecular formula is C19H24N6O2S. The Morgan fingerprint density at radius 3 is 3.14 bits per heavy atom. The van der Waals surface area contributed by atoms with Gasteiger partial charge in [-0.05, 0) is 26.2 Å². The van der Waals surface area contributed by atoms with Gasteiger partial charge in [0.15, 0.2) is 0 Å². The normalized spacial score (nSPS) is 30.6. The van der Waals surface area contributed by atoms with Crippen molar-refractivity contribution in [1.82, 2.24) is 25.5 Å². The second-order valence-electron chi connectivity index (χ2n) is 8.02. The predicted octanol–water partition coefficient (Wildman–Crippen LogP) is 1.37. The summed E-state index contributed by atoms with van der Waals surface area (Å²) in [5.41, 5.74) is 0.776. The number of aromatic nitrogens is 4. The molecule has 4 atom stereocenters. The minimum Gasteiger partial charge on any atom is -0.369 e. The fourth-order valence-corrected chi connectivity index (χ4v) is 5.74. The summed E-state index contributed by atoms with van der Waals surface area (Å²) in [6, 6.07) is 0. The van der Waals surface area contributed by atoms with Crippen LogP contribution in [0.5, 0.6) is 0 Å². The van der Waals surface area contributed by atoms with Crippen LogP contribution in [0.2, 0.25) is 0 Å². The fourth-order valence-electron chi connectivity index (χ4n) is 5.04. The zero-order valence-corrected chi connectivity index (χ0v) is 16.7. The number of carbonyl (C=O) groups excluding carboxylic acids is 1. The molecule has 0 unspecified atom stereocenters. The molecule has 3 saturated heterocycles. The summed E-state index contributed by atoms with van der Waals surface area (Å²) < 4.78 is 6.46. The number of carbonyl (C=O) groups is 1. The monoisotopic (exact) mass is 400 g/mol. The van der Waals surface area contributed by atoms with Crippen LogP contribution >= 0.6 is 11.3 Å². The van der Waals surface area contributed by atoms with Crippen LogP contribution in [0, 0.1) is 18.8 Å². The van der Waals surface area contributed by atoms with Crippen LogP contribution in [0.15, 0.2) is 18.6 Å². The molecular weight excluding hydrogens is 376 g/mol. The highest BCUT2D eigenvalue weighted by molar-refractivity contribution is 7.15. The van der Waals surface area contributed by atoms with Gasteiger partial charge in [0, 0.05) is 56.5 Å². The molecule has 5 heterocycles. The lowest BCUT2D eigenvalue weighted by Crippen LogP contribution is -2.41. The molecule has 9 heteroatoms. The maximum absolute atomic E-state index is 12.3. The molecule has 1 amide bonds. The molecule has 1 N–H and O–H groups in total. The van der Waals surface area contributed by atoms with Crippen molar-refractivity contribution in [3.63, 3.8) is 0 Å². The van der Waals surface area contributed by atoms with Gasteiger partial charge >= 0.3 is 0 Å². The van der Waals surface area contributed by atoms with Crippen LogP contribution in [0.1, 0.15) is 30.0 Å². The van der Waals surface area contributed by atoms with Crippen molar-refractivity contribution < 1.29 is 9.53 Å². The number of nitrogens with zero attached hydrogens (tertiary/aromatic N) is 5. The first-order valence-electron chi connectivity index (χ1n) is 9.87. The first kappa shape index (κ1) is 17.9. The Labute approximate surface area is 167 Å². The van der Waals surface area contributed by atoms with Crippen molar-refractivity contribution in [1.29, 1.82) is 0 Å². The molecule has 28 heavy (non-hydrogen) atoms. The second kappa shape index (κ2) is 7.04. The third-order valence-electron chi connectivity index (χ3n) is 6.33. The van der Waals surface area contributed by atoms with Gasteiger partial charge < -0.3 is 15.0 Å². The predicted molar refractivity (Wildman–Crippen MR) is 104 cm³/mol. The average Bonchev–Trinajstić information content (AvgIpc) is 3.45. The molecule has 8 nitrogen and oxygen atoms in total. The van der Waals surface area contributed by atoms with Gasteiger partial charge in [0.1, 0.15) is 5.01 Å². The second-order valence-corrected chi connectivity index (χ2v) is 9.18. The van der Waals surface area contributed by atoms with Gasteiger partial charge in [0.25, 0.3) is 0 Å². The van der Waals surface area contributed by atoms with E-state index in [-0.39, 0.29) is 17.6 Å². The summed E-state index contributed by atoms with van der Waals surface area (Å²) in [7, 11) is 0. The van der Waals surface area contributed by atoms with E-state index in [9.17, 15) is 4.79 Å². The summed E-state index contributed by atoms with van der Waals surface area (Å²) in [6.45, 7) is 4.49. The Kier molecular flexibility index (Phi) is 4.51. The lowest BCUT2D eigenvalue weighted by Gasteiger charge is -2.29. The van der Waals surface area contributed by atoms with Crippen LogP contribution in [0.3, 0.4) is 0 Å². The number of nitrogens with one attached hydrogen (secondary N) is 1. The Bertz CT molecular complexity index is 861. The van der Waals surface area contributed by atoms with E-state index in [2.05, 4.69) is 30.4 Å². The number of amides is 1. The number of hydrogen-bond donors (Lipinski definition) is 1. The number of hydrogen-bond acceptors (Lipinski definition) is 8. The molecule has 2 aromatic heterocycles. The van der Waals surface area contributed by atoms with Crippen molar-refractivity contribution in [2.45, 2.75) is 44.3 Å². The Hall–Kier alpha value is -2.13. The maximum Gasteiger partial charge on any atom is 0.220 e. The van der Waals surface area contributed by atoms with E-state index in [1.807, 2.05) is 6.92 Å². The SMILES string of the molecule is Cc1nnc(N2C[C@@H]3[C@H](CNC(=O)CCc4cnccn4)[C@H]4CC[C@]3(C2)O4)s1. The van der Waals surface area contributed by atoms with E-state index in [1.54, 1.807) is 29.9 Å². The Morgan fingerprint density at radius 1 is 1.43 bits per heavy atom. The minimum atomic E-state index is -0.0702. The Balaban J connectivity index is 1.19. The summed E-state index contributed by atoms with van der Waals surface area (Å²) in [5.74, 6) is 0.876. The lowest BCUT2D eigenvalue weighted by molar-refractivity contribution is -0.121. The summed E-state index contributed by atoms with van der Waals surface area (Å²) >= 11 is 1.64. The first-order chi connectivity index (χ1) is 13.6. The van der Waals surface area contributed by atoms with E-state index in [0.29, 0.717) is 31.2 Å². The van der Waals surface area contributed by atoms with E-state index < -0.39 is 0 Å². The van der Waals surface area contributed by atoms with E-state index in [1.165, 1.54) is 0 Å². The van der Waals surface area contributed by atoms with Crippen molar-refractivity contribution in [2.24, 2.45) is 11.8 Å². The largest absolute Gasteiger partial charge is 0.369 e. The van der Waals surface area contributed by atoms with Gasteiger partial charge in [-0.1, -0.05) is 11.3 Å². The molecule has 3 aliphatic heterocycles. The van der Waals surface area contributed by atoms with E-state index >= 15 is 0 Å². The van der Waals surface area contributed by atoms with Gasteiger partial charge in [-0.2, -0.15) is 0 Å². The van der Waals surface area contributed by atoms with Crippen molar-refractivity contribution in [2.75, 3.05) is 24.5 Å². The number of fused-ring (bicyclic) bond motifs is 1. The molecule has 1 spiro atoms. The molecule has 2 aromatic rings. The molecule has 0 aliphatic carbocycles. The van der Waals surface area contributed by atoms with Crippen molar-refractivity contribution >= 4 is 22.4 Å². The van der Waals surface area contributed by atoms with E-state index in [4.69, 9.17) is 4.74 Å². The molecule has 3 fully saturated rings. The number of ether oxygens (including phenoxy) is 1. The van der Waals surface area contributed by atoms with Gasteiger partial charge in [0.05, 0.1) is 17.4 Å². The quantitative estimate of drug-likeness (QED) is 0.783. The highest BCUT2D eigenvalue weighted by atomic mass is 32.1. The summed E-state index contributed by atoms with van der Waals surface area (Å²) in [5, 5.41) is 13.6. The molecule has 2 bridgehead atoms. The summed E-state index contributed by atoms with van der Waals surface area (Å²) in [4.78, 5) is 22.9. The molecule has 0 saturated carbocycles. The van der Waals surface area contributed by atoms with Gasteiger partial charge in [-0.15, -0.1) is 10.2 Å². The molecule has 0 aromatic carbocycles. The van der Waals surface area contributed by atoms with Gasteiger partial charge in [0.2, 0.25) is 11.0 Å². The topological polar surface area (TPSA) is 93.1 Å². The van der Waals surface area contributed by atoms with Crippen LogP contribution in [0.25, 0.3) is 0 Å². The number of rotatable bonds is 6. The smallest absolute Gasteiger partial charge is 0.220 e. The average molecular weight is 401 g/mol. The molecule has 148 valence electrons. The van der Waals surface area contributed by atoms with Crippen LogP contribution in [-0.2, 0) is 16.0 Å².